The smallest absolute Gasteiger partial charge is 0.337 e. The maximum Gasteiger partial charge on any atom is 0.337 e. The number of aromatic amines is 1. The van der Waals surface area contributed by atoms with E-state index in [1.165, 1.54) is 7.11 Å². The molecule has 8 heteroatoms. The van der Waals surface area contributed by atoms with Gasteiger partial charge in [-0.2, -0.15) is 0 Å². The lowest BCUT2D eigenvalue weighted by molar-refractivity contribution is -0.497. The summed E-state index contributed by atoms with van der Waals surface area (Å²) in [5, 5.41) is 11.7. The number of H-pyrrole nitrogens is 1. The molecule has 2 aliphatic rings. The van der Waals surface area contributed by atoms with Crippen molar-refractivity contribution in [3.05, 3.63) is 45.1 Å². The molecule has 0 bridgehead atoms. The van der Waals surface area contributed by atoms with Gasteiger partial charge in [0.05, 0.1) is 12.7 Å². The molecule has 0 unspecified atom stereocenters. The van der Waals surface area contributed by atoms with Crippen LogP contribution in [0.3, 0.4) is 0 Å². The van der Waals surface area contributed by atoms with Crippen LogP contribution in [0.1, 0.15) is 28.0 Å². The van der Waals surface area contributed by atoms with Crippen molar-refractivity contribution in [3.63, 3.8) is 0 Å². The van der Waals surface area contributed by atoms with Gasteiger partial charge in [-0.25, -0.2) is 4.79 Å². The first-order chi connectivity index (χ1) is 12.0. The maximum absolute atomic E-state index is 12.5. The molecule has 1 aromatic heterocycles. The largest absolute Gasteiger partial charge is 0.465 e. The molecular weight excluding hydrogens is 326 g/mol. The standard InChI is InChI=1S/C17H17N3O5/c1-25-17(22)9-2-3-13-10(6-9)12-8-19(5-4-14(12)18-13)16(21)11-7-15(11)20(23)24/h2-3,6,11,15,18H,4-5,7-8H2,1H3/t11-,15-/m1/s1. The van der Waals surface area contributed by atoms with E-state index in [9.17, 15) is 19.7 Å². The Labute approximate surface area is 142 Å². The first kappa shape index (κ1) is 15.6. The summed E-state index contributed by atoms with van der Waals surface area (Å²) in [6.45, 7) is 0.948. The van der Waals surface area contributed by atoms with Crippen LogP contribution in [0, 0.1) is 16.0 Å². The van der Waals surface area contributed by atoms with Crippen molar-refractivity contribution in [1.29, 1.82) is 0 Å². The van der Waals surface area contributed by atoms with Crippen molar-refractivity contribution >= 4 is 22.8 Å². The number of rotatable bonds is 3. The van der Waals surface area contributed by atoms with Crippen LogP contribution < -0.4 is 0 Å². The molecule has 2 atom stereocenters. The van der Waals surface area contributed by atoms with Gasteiger partial charge < -0.3 is 14.6 Å². The molecule has 2 heterocycles. The fourth-order valence-corrected chi connectivity index (χ4v) is 3.56. The molecule has 1 amide bonds. The van der Waals surface area contributed by atoms with Gasteiger partial charge in [0.2, 0.25) is 11.9 Å². The zero-order chi connectivity index (χ0) is 17.7. The topological polar surface area (TPSA) is 106 Å². The van der Waals surface area contributed by atoms with Crippen molar-refractivity contribution in [2.75, 3.05) is 13.7 Å². The highest BCUT2D eigenvalue weighted by Gasteiger charge is 2.54. The Morgan fingerprint density at radius 2 is 2.20 bits per heavy atom. The second-order valence-corrected chi connectivity index (χ2v) is 6.54. The van der Waals surface area contributed by atoms with E-state index in [0.717, 1.165) is 22.2 Å². The lowest BCUT2D eigenvalue weighted by atomic mass is 10.0. The number of ether oxygens (including phenoxy) is 1. The highest BCUT2D eigenvalue weighted by atomic mass is 16.6. The number of amides is 1. The van der Waals surface area contributed by atoms with E-state index >= 15 is 0 Å². The van der Waals surface area contributed by atoms with Gasteiger partial charge in [-0.15, -0.1) is 0 Å². The summed E-state index contributed by atoms with van der Waals surface area (Å²) in [6, 6.07) is 4.56. The van der Waals surface area contributed by atoms with E-state index in [1.807, 2.05) is 6.07 Å². The fraction of sp³-hybridized carbons (Fsp3) is 0.412. The average Bonchev–Trinajstić information content (AvgIpc) is 3.35. The number of nitro groups is 1. The Kier molecular flexibility index (Phi) is 3.48. The van der Waals surface area contributed by atoms with Gasteiger partial charge in [0.15, 0.2) is 0 Å². The molecule has 1 N–H and O–H groups in total. The molecule has 2 aromatic rings. The van der Waals surface area contributed by atoms with Crippen molar-refractivity contribution in [2.45, 2.75) is 25.4 Å². The quantitative estimate of drug-likeness (QED) is 0.516. The van der Waals surface area contributed by atoms with E-state index < -0.39 is 17.9 Å². The summed E-state index contributed by atoms with van der Waals surface area (Å²) in [6.07, 6.45) is 0.995. The van der Waals surface area contributed by atoms with Crippen LogP contribution in [0.2, 0.25) is 0 Å². The summed E-state index contributed by atoms with van der Waals surface area (Å²) in [7, 11) is 1.33. The predicted molar refractivity (Wildman–Crippen MR) is 87.6 cm³/mol. The summed E-state index contributed by atoms with van der Waals surface area (Å²) in [5.41, 5.74) is 3.37. The Balaban J connectivity index is 1.62. The molecule has 8 nitrogen and oxygen atoms in total. The second-order valence-electron chi connectivity index (χ2n) is 6.54. The van der Waals surface area contributed by atoms with E-state index in [-0.39, 0.29) is 10.8 Å². The normalized spacial score (nSPS) is 21.7. The molecule has 1 aliphatic heterocycles. The molecule has 130 valence electrons. The number of aromatic nitrogens is 1. The SMILES string of the molecule is COC(=O)c1ccc2[nH]c3c(c2c1)CN(C(=O)[C@@H]1C[C@H]1[N+](=O)[O-])CC3. The first-order valence-electron chi connectivity index (χ1n) is 8.13. The van der Waals surface area contributed by atoms with Crippen molar-refractivity contribution < 1.29 is 19.2 Å². The Bertz CT molecular complexity index is 903. The molecule has 1 fully saturated rings. The van der Waals surface area contributed by atoms with Crippen LogP contribution in [-0.4, -0.2) is 46.4 Å². The van der Waals surface area contributed by atoms with E-state index in [4.69, 9.17) is 4.74 Å². The van der Waals surface area contributed by atoms with Gasteiger partial charge in [-0.3, -0.25) is 14.9 Å². The zero-order valence-corrected chi connectivity index (χ0v) is 13.7. The van der Waals surface area contributed by atoms with Gasteiger partial charge in [0.25, 0.3) is 0 Å². The van der Waals surface area contributed by atoms with E-state index in [2.05, 4.69) is 4.98 Å². The molecule has 4 rings (SSSR count). The lowest BCUT2D eigenvalue weighted by Crippen LogP contribution is -2.37. The number of nitrogens with one attached hydrogen (secondary N) is 1. The van der Waals surface area contributed by atoms with Crippen LogP contribution in [-0.2, 0) is 22.5 Å². The molecule has 25 heavy (non-hydrogen) atoms. The van der Waals surface area contributed by atoms with Crippen LogP contribution in [0.4, 0.5) is 0 Å². The Morgan fingerprint density at radius 1 is 1.40 bits per heavy atom. The molecule has 1 aromatic carbocycles. The molecular formula is C17H17N3O5. The number of esters is 1. The average molecular weight is 343 g/mol. The van der Waals surface area contributed by atoms with Crippen LogP contribution >= 0.6 is 0 Å². The summed E-state index contributed by atoms with van der Waals surface area (Å²) in [5.74, 6) is -1.05. The van der Waals surface area contributed by atoms with Crippen LogP contribution in [0.5, 0.6) is 0 Å². The highest BCUT2D eigenvalue weighted by Crippen LogP contribution is 2.37. The number of benzene rings is 1. The predicted octanol–water partition coefficient (Wildman–Crippen LogP) is 1.50. The zero-order valence-electron chi connectivity index (χ0n) is 13.7. The van der Waals surface area contributed by atoms with Crippen LogP contribution in [0.15, 0.2) is 18.2 Å². The fourth-order valence-electron chi connectivity index (χ4n) is 3.56. The molecule has 1 aliphatic carbocycles. The number of carbonyl (C=O) groups excluding carboxylic acids is 2. The van der Waals surface area contributed by atoms with E-state index in [1.54, 1.807) is 17.0 Å². The van der Waals surface area contributed by atoms with Gasteiger partial charge in [0, 0.05) is 53.0 Å². The number of hydrogen-bond acceptors (Lipinski definition) is 5. The number of methoxy groups -OCH3 is 1. The third-order valence-corrected chi connectivity index (χ3v) is 5.05. The van der Waals surface area contributed by atoms with Gasteiger partial charge in [-0.05, 0) is 18.2 Å². The summed E-state index contributed by atoms with van der Waals surface area (Å²) < 4.78 is 4.76. The minimum Gasteiger partial charge on any atom is -0.465 e. The summed E-state index contributed by atoms with van der Waals surface area (Å²) in [4.78, 5) is 39.7. The molecule has 0 saturated heterocycles. The van der Waals surface area contributed by atoms with Gasteiger partial charge >= 0.3 is 5.97 Å². The molecule has 0 spiro atoms. The molecule has 0 radical (unpaired) electrons. The lowest BCUT2D eigenvalue weighted by Gasteiger charge is -2.27. The van der Waals surface area contributed by atoms with Crippen molar-refractivity contribution in [3.8, 4) is 0 Å². The maximum atomic E-state index is 12.5. The number of fused-ring (bicyclic) bond motifs is 3. The second kappa shape index (κ2) is 5.58. The monoisotopic (exact) mass is 343 g/mol. The minimum absolute atomic E-state index is 0.147. The summed E-state index contributed by atoms with van der Waals surface area (Å²) >= 11 is 0. The molecule has 1 saturated carbocycles. The van der Waals surface area contributed by atoms with Crippen molar-refractivity contribution in [1.82, 2.24) is 9.88 Å². The van der Waals surface area contributed by atoms with Gasteiger partial charge in [-0.1, -0.05) is 0 Å². The van der Waals surface area contributed by atoms with Crippen LogP contribution in [0.25, 0.3) is 10.9 Å². The number of carbonyl (C=O) groups is 2. The third-order valence-electron chi connectivity index (χ3n) is 5.05. The number of hydrogen-bond donors (Lipinski definition) is 1. The minimum atomic E-state index is -0.734. The number of nitrogens with zero attached hydrogens (tertiary/aromatic N) is 2. The van der Waals surface area contributed by atoms with Crippen molar-refractivity contribution in [2.24, 2.45) is 5.92 Å². The van der Waals surface area contributed by atoms with E-state index in [0.29, 0.717) is 31.5 Å². The van der Waals surface area contributed by atoms with Gasteiger partial charge in [0.1, 0.15) is 5.92 Å². The highest BCUT2D eigenvalue weighted by molar-refractivity contribution is 5.96. The Morgan fingerprint density at radius 3 is 2.88 bits per heavy atom. The first-order valence-corrected chi connectivity index (χ1v) is 8.13. The Hall–Kier alpha value is -2.90. The third kappa shape index (κ3) is 2.54.